The maximum Gasteiger partial charge on any atom is 0.313 e. The summed E-state index contributed by atoms with van der Waals surface area (Å²) in [5, 5.41) is 9.15. The minimum atomic E-state index is -0.827. The predicted octanol–water partition coefficient (Wildman–Crippen LogP) is 3.06. The zero-order valence-corrected chi connectivity index (χ0v) is 10.3. The van der Waals surface area contributed by atoms with E-state index in [-0.39, 0.29) is 6.61 Å². The van der Waals surface area contributed by atoms with Crippen LogP contribution >= 0.6 is 0 Å². The van der Waals surface area contributed by atoms with Crippen molar-refractivity contribution in [2.45, 2.75) is 32.1 Å². The van der Waals surface area contributed by atoms with E-state index >= 15 is 0 Å². The zero-order chi connectivity index (χ0) is 12.5. The summed E-state index contributed by atoms with van der Waals surface area (Å²) in [5.41, 5.74) is 0.801. The standard InChI is InChI=1S/C14H20O3/c1-2-3-7-10-17-11-13(14(15)16)12-8-5-4-6-9-12/h4-6,8-9,13H,2-3,7,10-11H2,1H3,(H,15,16). The third kappa shape index (κ3) is 5.00. The summed E-state index contributed by atoms with van der Waals surface area (Å²) in [6.07, 6.45) is 3.27. The van der Waals surface area contributed by atoms with Gasteiger partial charge in [0.1, 0.15) is 5.92 Å². The summed E-state index contributed by atoms with van der Waals surface area (Å²) < 4.78 is 5.43. The maximum atomic E-state index is 11.1. The van der Waals surface area contributed by atoms with Crippen molar-refractivity contribution in [2.24, 2.45) is 0 Å². The van der Waals surface area contributed by atoms with E-state index in [1.54, 1.807) is 0 Å². The van der Waals surface area contributed by atoms with E-state index in [0.717, 1.165) is 24.8 Å². The summed E-state index contributed by atoms with van der Waals surface area (Å²) >= 11 is 0. The van der Waals surface area contributed by atoms with Gasteiger partial charge < -0.3 is 9.84 Å². The lowest BCUT2D eigenvalue weighted by atomic mass is 10.0. The lowest BCUT2D eigenvalue weighted by Crippen LogP contribution is -2.18. The molecule has 0 fully saturated rings. The lowest BCUT2D eigenvalue weighted by molar-refractivity contribution is -0.140. The Hall–Kier alpha value is -1.35. The fourth-order valence-corrected chi connectivity index (χ4v) is 1.65. The summed E-state index contributed by atoms with van der Waals surface area (Å²) in [4.78, 5) is 11.1. The third-order valence-electron chi connectivity index (χ3n) is 2.68. The quantitative estimate of drug-likeness (QED) is 0.706. The third-order valence-corrected chi connectivity index (χ3v) is 2.68. The van der Waals surface area contributed by atoms with Crippen LogP contribution in [0, 0.1) is 0 Å². The largest absolute Gasteiger partial charge is 0.481 e. The number of aliphatic carboxylic acids is 1. The lowest BCUT2D eigenvalue weighted by Gasteiger charge is -2.13. The molecule has 0 aliphatic heterocycles. The molecule has 17 heavy (non-hydrogen) atoms. The fourth-order valence-electron chi connectivity index (χ4n) is 1.65. The van der Waals surface area contributed by atoms with Crippen molar-refractivity contribution in [3.63, 3.8) is 0 Å². The second kappa shape index (κ2) is 7.85. The van der Waals surface area contributed by atoms with Crippen LogP contribution in [0.5, 0.6) is 0 Å². The van der Waals surface area contributed by atoms with E-state index in [0.29, 0.717) is 6.61 Å². The van der Waals surface area contributed by atoms with Crippen LogP contribution in [0.1, 0.15) is 37.7 Å². The van der Waals surface area contributed by atoms with Gasteiger partial charge in [-0.25, -0.2) is 0 Å². The Kier molecular flexibility index (Phi) is 6.33. The van der Waals surface area contributed by atoms with Crippen LogP contribution in [-0.2, 0) is 9.53 Å². The first kappa shape index (κ1) is 13.7. The molecule has 0 saturated heterocycles. The molecule has 0 spiro atoms. The molecule has 1 aromatic rings. The van der Waals surface area contributed by atoms with Crippen molar-refractivity contribution in [2.75, 3.05) is 13.2 Å². The Labute approximate surface area is 102 Å². The molecule has 1 aromatic carbocycles. The maximum absolute atomic E-state index is 11.1. The first-order valence-electron chi connectivity index (χ1n) is 6.11. The summed E-state index contributed by atoms with van der Waals surface area (Å²) in [6.45, 7) is 3.03. The Morgan fingerprint density at radius 1 is 1.29 bits per heavy atom. The monoisotopic (exact) mass is 236 g/mol. The van der Waals surface area contributed by atoms with Crippen LogP contribution in [0.4, 0.5) is 0 Å². The van der Waals surface area contributed by atoms with E-state index in [2.05, 4.69) is 6.92 Å². The molecule has 0 aliphatic rings. The van der Waals surface area contributed by atoms with Gasteiger partial charge in [0.15, 0.2) is 0 Å². The van der Waals surface area contributed by atoms with Gasteiger partial charge in [0.25, 0.3) is 0 Å². The molecule has 0 aromatic heterocycles. The van der Waals surface area contributed by atoms with Crippen LogP contribution in [0.2, 0.25) is 0 Å². The summed E-state index contributed by atoms with van der Waals surface area (Å²) in [6, 6.07) is 9.23. The molecule has 0 bridgehead atoms. The highest BCUT2D eigenvalue weighted by Gasteiger charge is 2.19. The van der Waals surface area contributed by atoms with Crippen molar-refractivity contribution in [3.8, 4) is 0 Å². The Morgan fingerprint density at radius 3 is 2.59 bits per heavy atom. The van der Waals surface area contributed by atoms with Gasteiger partial charge in [-0.05, 0) is 12.0 Å². The number of hydrogen-bond donors (Lipinski definition) is 1. The zero-order valence-electron chi connectivity index (χ0n) is 10.3. The molecule has 0 radical (unpaired) electrons. The minimum absolute atomic E-state index is 0.253. The van der Waals surface area contributed by atoms with E-state index in [9.17, 15) is 4.79 Å². The summed E-state index contributed by atoms with van der Waals surface area (Å²) in [7, 11) is 0. The van der Waals surface area contributed by atoms with Crippen molar-refractivity contribution < 1.29 is 14.6 Å². The van der Waals surface area contributed by atoms with Crippen LogP contribution in [-0.4, -0.2) is 24.3 Å². The average molecular weight is 236 g/mol. The molecule has 0 aliphatic carbocycles. The number of benzene rings is 1. The molecule has 1 rings (SSSR count). The number of unbranched alkanes of at least 4 members (excludes halogenated alkanes) is 2. The molecule has 0 amide bonds. The molecule has 0 heterocycles. The molecule has 3 heteroatoms. The smallest absolute Gasteiger partial charge is 0.313 e. The van der Waals surface area contributed by atoms with Crippen molar-refractivity contribution in [3.05, 3.63) is 35.9 Å². The molecule has 3 nitrogen and oxygen atoms in total. The van der Waals surface area contributed by atoms with Crippen LogP contribution in [0.3, 0.4) is 0 Å². The van der Waals surface area contributed by atoms with Gasteiger partial charge >= 0.3 is 5.97 Å². The van der Waals surface area contributed by atoms with Crippen molar-refractivity contribution in [1.82, 2.24) is 0 Å². The second-order valence-electron chi connectivity index (χ2n) is 4.08. The van der Waals surface area contributed by atoms with Crippen molar-refractivity contribution in [1.29, 1.82) is 0 Å². The number of carboxylic acids is 1. The van der Waals surface area contributed by atoms with Gasteiger partial charge in [-0.1, -0.05) is 50.1 Å². The topological polar surface area (TPSA) is 46.5 Å². The number of carboxylic acid groups (broad SMARTS) is 1. The van der Waals surface area contributed by atoms with Gasteiger partial charge in [-0.2, -0.15) is 0 Å². The second-order valence-corrected chi connectivity index (χ2v) is 4.08. The highest BCUT2D eigenvalue weighted by atomic mass is 16.5. The SMILES string of the molecule is CCCCCOCC(C(=O)O)c1ccccc1. The molecule has 1 atom stereocenters. The summed E-state index contributed by atoms with van der Waals surface area (Å²) in [5.74, 6) is -1.38. The van der Waals surface area contributed by atoms with E-state index in [1.807, 2.05) is 30.3 Å². The van der Waals surface area contributed by atoms with Gasteiger partial charge in [0.05, 0.1) is 6.61 Å². The van der Waals surface area contributed by atoms with Gasteiger partial charge in [-0.3, -0.25) is 4.79 Å². The van der Waals surface area contributed by atoms with E-state index < -0.39 is 11.9 Å². The highest BCUT2D eigenvalue weighted by Crippen LogP contribution is 2.16. The number of hydrogen-bond acceptors (Lipinski definition) is 2. The Morgan fingerprint density at radius 2 is 2.00 bits per heavy atom. The minimum Gasteiger partial charge on any atom is -0.481 e. The molecule has 94 valence electrons. The van der Waals surface area contributed by atoms with Crippen LogP contribution in [0.15, 0.2) is 30.3 Å². The highest BCUT2D eigenvalue weighted by molar-refractivity contribution is 5.76. The average Bonchev–Trinajstić information content (AvgIpc) is 2.34. The predicted molar refractivity (Wildman–Crippen MR) is 67.2 cm³/mol. The molecular formula is C14H20O3. The van der Waals surface area contributed by atoms with Crippen LogP contribution < -0.4 is 0 Å². The van der Waals surface area contributed by atoms with E-state index in [4.69, 9.17) is 9.84 Å². The van der Waals surface area contributed by atoms with Crippen molar-refractivity contribution >= 4 is 5.97 Å². The van der Waals surface area contributed by atoms with E-state index in [1.165, 1.54) is 0 Å². The Bertz CT molecular complexity index is 321. The number of carbonyl (C=O) groups is 1. The number of ether oxygens (including phenoxy) is 1. The van der Waals surface area contributed by atoms with Gasteiger partial charge in [0, 0.05) is 6.61 Å². The molecule has 1 N–H and O–H groups in total. The van der Waals surface area contributed by atoms with Gasteiger partial charge in [-0.15, -0.1) is 0 Å². The normalized spacial score (nSPS) is 12.3. The molecule has 1 unspecified atom stereocenters. The van der Waals surface area contributed by atoms with Gasteiger partial charge in [0.2, 0.25) is 0 Å². The first-order chi connectivity index (χ1) is 8.25. The molecule has 0 saturated carbocycles. The Balaban J connectivity index is 2.42. The molecular weight excluding hydrogens is 216 g/mol. The number of rotatable bonds is 8. The van der Waals surface area contributed by atoms with Crippen LogP contribution in [0.25, 0.3) is 0 Å². The first-order valence-corrected chi connectivity index (χ1v) is 6.11. The fraction of sp³-hybridized carbons (Fsp3) is 0.500.